The second kappa shape index (κ2) is 9.25. The molecular weight excluding hydrogens is 252 g/mol. The highest BCUT2D eigenvalue weighted by Crippen LogP contribution is 2.14. The smallest absolute Gasteiger partial charge is 0.337 e. The summed E-state index contributed by atoms with van der Waals surface area (Å²) in [6, 6.07) is 0. The van der Waals surface area contributed by atoms with E-state index in [4.69, 9.17) is 9.47 Å². The summed E-state index contributed by atoms with van der Waals surface area (Å²) in [5.74, 6) is -0.786. The van der Waals surface area contributed by atoms with Crippen molar-refractivity contribution in [2.24, 2.45) is 0 Å². The van der Waals surface area contributed by atoms with Gasteiger partial charge in [-0.05, 0) is 39.0 Å². The van der Waals surface area contributed by atoms with E-state index in [-0.39, 0.29) is 19.3 Å². The van der Waals surface area contributed by atoms with Gasteiger partial charge >= 0.3 is 5.97 Å². The van der Waals surface area contributed by atoms with E-state index in [1.807, 2.05) is 0 Å². The van der Waals surface area contributed by atoms with Crippen LogP contribution >= 0.6 is 0 Å². The molecule has 0 saturated carbocycles. The van der Waals surface area contributed by atoms with Crippen LogP contribution in [0.3, 0.4) is 0 Å². The Labute approximate surface area is 113 Å². The van der Waals surface area contributed by atoms with Crippen molar-refractivity contribution in [1.29, 1.82) is 0 Å². The maximum absolute atomic E-state index is 11.2. The molecule has 0 aromatic heterocycles. The van der Waals surface area contributed by atoms with E-state index in [2.05, 4.69) is 4.74 Å². The van der Waals surface area contributed by atoms with Gasteiger partial charge in [-0.15, -0.1) is 0 Å². The molecule has 0 bridgehead atoms. The van der Waals surface area contributed by atoms with Gasteiger partial charge in [0.15, 0.2) is 12.4 Å². The van der Waals surface area contributed by atoms with Crippen molar-refractivity contribution in [1.82, 2.24) is 0 Å². The van der Waals surface area contributed by atoms with Gasteiger partial charge in [-0.25, -0.2) is 4.79 Å². The second-order valence-corrected chi connectivity index (χ2v) is 4.57. The van der Waals surface area contributed by atoms with E-state index in [9.17, 15) is 15.0 Å². The molecule has 0 spiro atoms. The average molecular weight is 276 g/mol. The number of ether oxygens (including phenoxy) is 3. The van der Waals surface area contributed by atoms with Crippen LogP contribution in [0.15, 0.2) is 0 Å². The Kier molecular flexibility index (Phi) is 7.97. The third-order valence-electron chi connectivity index (χ3n) is 2.98. The molecule has 0 radical (unpaired) electrons. The zero-order chi connectivity index (χ0) is 14.1. The predicted molar refractivity (Wildman–Crippen MR) is 67.4 cm³/mol. The SMILES string of the molecule is CCOC(=O)[C@@H](O)[C@H](O)CCCOC1CCCCO1. The Morgan fingerprint density at radius 2 is 2.21 bits per heavy atom. The van der Waals surface area contributed by atoms with Gasteiger partial charge in [-0.2, -0.15) is 0 Å². The van der Waals surface area contributed by atoms with Crippen molar-refractivity contribution in [3.8, 4) is 0 Å². The minimum atomic E-state index is -1.48. The number of carbonyl (C=O) groups excluding carboxylic acids is 1. The van der Waals surface area contributed by atoms with E-state index < -0.39 is 18.2 Å². The molecule has 0 aliphatic carbocycles. The molecule has 1 heterocycles. The van der Waals surface area contributed by atoms with Gasteiger partial charge in [-0.1, -0.05) is 0 Å². The number of aliphatic hydroxyl groups excluding tert-OH is 2. The minimum absolute atomic E-state index is 0.152. The topological polar surface area (TPSA) is 85.2 Å². The Morgan fingerprint density at radius 3 is 2.84 bits per heavy atom. The molecule has 112 valence electrons. The summed E-state index contributed by atoms with van der Waals surface area (Å²) in [4.78, 5) is 11.2. The highest BCUT2D eigenvalue weighted by atomic mass is 16.7. The monoisotopic (exact) mass is 276 g/mol. The van der Waals surface area contributed by atoms with Crippen LogP contribution in [0.25, 0.3) is 0 Å². The Balaban J connectivity index is 2.08. The molecule has 0 aromatic rings. The Morgan fingerprint density at radius 1 is 1.42 bits per heavy atom. The number of carbonyl (C=O) groups is 1. The first-order valence-electron chi connectivity index (χ1n) is 6.91. The van der Waals surface area contributed by atoms with Crippen molar-refractivity contribution in [2.45, 2.75) is 57.5 Å². The summed E-state index contributed by atoms with van der Waals surface area (Å²) >= 11 is 0. The number of rotatable bonds is 8. The van der Waals surface area contributed by atoms with Crippen LogP contribution in [-0.4, -0.2) is 54.5 Å². The summed E-state index contributed by atoms with van der Waals surface area (Å²) in [6.45, 7) is 3.01. The molecule has 0 aromatic carbocycles. The quantitative estimate of drug-likeness (QED) is 0.498. The molecular formula is C13H24O6. The van der Waals surface area contributed by atoms with Gasteiger partial charge in [0, 0.05) is 13.2 Å². The fourth-order valence-electron chi connectivity index (χ4n) is 1.89. The Bertz CT molecular complexity index is 252. The molecule has 3 atom stereocenters. The third-order valence-corrected chi connectivity index (χ3v) is 2.98. The van der Waals surface area contributed by atoms with Crippen molar-refractivity contribution in [3.63, 3.8) is 0 Å². The molecule has 6 heteroatoms. The molecule has 1 fully saturated rings. The number of aliphatic hydroxyl groups is 2. The average Bonchev–Trinajstić information content (AvgIpc) is 2.44. The summed E-state index contributed by atoms with van der Waals surface area (Å²) in [7, 11) is 0. The molecule has 1 aliphatic heterocycles. The van der Waals surface area contributed by atoms with Gasteiger partial charge < -0.3 is 24.4 Å². The molecule has 1 unspecified atom stereocenters. The predicted octanol–water partition coefficient (Wildman–Crippen LogP) is 0.595. The third kappa shape index (κ3) is 6.33. The standard InChI is InChI=1S/C13H24O6/c1-2-17-13(16)12(15)10(14)6-5-9-19-11-7-3-4-8-18-11/h10-12,14-15H,2-9H2,1H3/t10-,11?,12+/m1/s1. The minimum Gasteiger partial charge on any atom is -0.464 e. The fourth-order valence-corrected chi connectivity index (χ4v) is 1.89. The van der Waals surface area contributed by atoms with Crippen LogP contribution < -0.4 is 0 Å². The maximum atomic E-state index is 11.2. The zero-order valence-corrected chi connectivity index (χ0v) is 11.4. The van der Waals surface area contributed by atoms with Crippen LogP contribution in [-0.2, 0) is 19.0 Å². The summed E-state index contributed by atoms with van der Waals surface area (Å²) in [5.41, 5.74) is 0. The fraction of sp³-hybridized carbons (Fsp3) is 0.923. The molecule has 1 aliphatic rings. The molecule has 19 heavy (non-hydrogen) atoms. The van der Waals surface area contributed by atoms with E-state index in [0.29, 0.717) is 13.0 Å². The van der Waals surface area contributed by atoms with Crippen LogP contribution in [0.1, 0.15) is 39.0 Å². The van der Waals surface area contributed by atoms with E-state index in [0.717, 1.165) is 25.9 Å². The highest BCUT2D eigenvalue weighted by Gasteiger charge is 2.25. The molecule has 1 rings (SSSR count). The van der Waals surface area contributed by atoms with Crippen molar-refractivity contribution >= 4 is 5.97 Å². The lowest BCUT2D eigenvalue weighted by Gasteiger charge is -2.23. The lowest BCUT2D eigenvalue weighted by Crippen LogP contribution is -2.35. The van der Waals surface area contributed by atoms with Gasteiger partial charge in [-0.3, -0.25) is 0 Å². The second-order valence-electron chi connectivity index (χ2n) is 4.57. The normalized spacial score (nSPS) is 22.8. The van der Waals surface area contributed by atoms with Crippen molar-refractivity contribution in [3.05, 3.63) is 0 Å². The van der Waals surface area contributed by atoms with Crippen LogP contribution in [0.2, 0.25) is 0 Å². The zero-order valence-electron chi connectivity index (χ0n) is 11.4. The van der Waals surface area contributed by atoms with E-state index >= 15 is 0 Å². The summed E-state index contributed by atoms with van der Waals surface area (Å²) in [5, 5.41) is 19.1. The highest BCUT2D eigenvalue weighted by molar-refractivity contribution is 5.75. The first-order chi connectivity index (χ1) is 9.15. The maximum Gasteiger partial charge on any atom is 0.337 e. The first kappa shape index (κ1) is 16.4. The summed E-state index contributed by atoms with van der Waals surface area (Å²) in [6.07, 6.45) is 1.17. The number of hydrogen-bond donors (Lipinski definition) is 2. The van der Waals surface area contributed by atoms with Crippen LogP contribution in [0.4, 0.5) is 0 Å². The number of hydrogen-bond acceptors (Lipinski definition) is 6. The molecule has 0 amide bonds. The van der Waals surface area contributed by atoms with Gasteiger partial charge in [0.2, 0.25) is 0 Å². The largest absolute Gasteiger partial charge is 0.464 e. The van der Waals surface area contributed by atoms with Gasteiger partial charge in [0.25, 0.3) is 0 Å². The molecule has 2 N–H and O–H groups in total. The first-order valence-corrected chi connectivity index (χ1v) is 6.91. The van der Waals surface area contributed by atoms with E-state index in [1.54, 1.807) is 6.92 Å². The van der Waals surface area contributed by atoms with Crippen LogP contribution in [0, 0.1) is 0 Å². The van der Waals surface area contributed by atoms with Gasteiger partial charge in [0.05, 0.1) is 12.7 Å². The molecule has 6 nitrogen and oxygen atoms in total. The number of esters is 1. The van der Waals surface area contributed by atoms with Crippen molar-refractivity contribution in [2.75, 3.05) is 19.8 Å². The van der Waals surface area contributed by atoms with Crippen LogP contribution in [0.5, 0.6) is 0 Å². The van der Waals surface area contributed by atoms with Gasteiger partial charge in [0.1, 0.15) is 0 Å². The summed E-state index contributed by atoms with van der Waals surface area (Å²) < 4.78 is 15.5. The molecule has 1 saturated heterocycles. The Hall–Kier alpha value is -0.690. The lowest BCUT2D eigenvalue weighted by atomic mass is 10.1. The lowest BCUT2D eigenvalue weighted by molar-refractivity contribution is -0.166. The van der Waals surface area contributed by atoms with E-state index in [1.165, 1.54) is 0 Å². The van der Waals surface area contributed by atoms with Crippen molar-refractivity contribution < 1.29 is 29.2 Å².